The fourth-order valence-corrected chi connectivity index (χ4v) is 2.97. The number of aliphatic hydroxyl groups is 1. The second kappa shape index (κ2) is 5.95. The van der Waals surface area contributed by atoms with Crippen LogP contribution in [0.4, 0.5) is 5.69 Å². The number of halogens is 2. The second-order valence-electron chi connectivity index (χ2n) is 4.31. The Hall–Kier alpha value is -1.37. The molecule has 0 radical (unpaired) electrons. The lowest BCUT2D eigenvalue weighted by Gasteiger charge is -2.15. The smallest absolute Gasteiger partial charge is 0.277 e. The van der Waals surface area contributed by atoms with Crippen LogP contribution in [0.15, 0.2) is 28.4 Å². The lowest BCUT2D eigenvalue weighted by Crippen LogP contribution is -2.34. The number of imide groups is 1. The number of hydrogen-bond donors (Lipinski definition) is 2. The van der Waals surface area contributed by atoms with Crippen molar-refractivity contribution in [2.75, 3.05) is 18.5 Å². The Morgan fingerprint density at radius 3 is 2.70 bits per heavy atom. The lowest BCUT2D eigenvalue weighted by molar-refractivity contribution is -0.137. The SMILES string of the molecule is Cc1cc(Cl)c(NC2=CC(=O)N(CCO)C2=O)c(Br)c1. The molecule has 20 heavy (non-hydrogen) atoms. The monoisotopic (exact) mass is 358 g/mol. The summed E-state index contributed by atoms with van der Waals surface area (Å²) >= 11 is 9.49. The first-order valence-electron chi connectivity index (χ1n) is 5.85. The number of benzene rings is 1. The molecule has 0 saturated heterocycles. The van der Waals surface area contributed by atoms with E-state index in [0.29, 0.717) is 15.2 Å². The van der Waals surface area contributed by atoms with E-state index in [1.807, 2.05) is 13.0 Å². The molecular formula is C13H12BrClN2O3. The van der Waals surface area contributed by atoms with E-state index in [1.165, 1.54) is 6.08 Å². The Balaban J connectivity index is 2.26. The standard InChI is InChI=1S/C13H12BrClN2O3/c1-7-4-8(14)12(9(15)5-7)16-10-6-11(19)17(2-3-18)13(10)20/h4-6,16,18H,2-3H2,1H3. The lowest BCUT2D eigenvalue weighted by atomic mass is 10.2. The van der Waals surface area contributed by atoms with Gasteiger partial charge in [0.25, 0.3) is 11.8 Å². The van der Waals surface area contributed by atoms with Crippen molar-refractivity contribution in [3.8, 4) is 0 Å². The van der Waals surface area contributed by atoms with Crippen LogP contribution in [-0.4, -0.2) is 35.0 Å². The summed E-state index contributed by atoms with van der Waals surface area (Å²) in [5.74, 6) is -0.932. The van der Waals surface area contributed by atoms with Gasteiger partial charge in [0.1, 0.15) is 5.70 Å². The van der Waals surface area contributed by atoms with Gasteiger partial charge in [0, 0.05) is 10.5 Å². The number of aliphatic hydroxyl groups excluding tert-OH is 1. The molecule has 0 saturated carbocycles. The molecule has 5 nitrogen and oxygen atoms in total. The van der Waals surface area contributed by atoms with Crippen LogP contribution in [0, 0.1) is 6.92 Å². The molecule has 0 aliphatic carbocycles. The minimum atomic E-state index is -0.479. The van der Waals surface area contributed by atoms with E-state index < -0.39 is 11.8 Å². The zero-order valence-electron chi connectivity index (χ0n) is 10.6. The minimum absolute atomic E-state index is 0.0256. The minimum Gasteiger partial charge on any atom is -0.395 e. The fourth-order valence-electron chi connectivity index (χ4n) is 1.86. The summed E-state index contributed by atoms with van der Waals surface area (Å²) in [7, 11) is 0. The first-order chi connectivity index (χ1) is 9.43. The molecule has 0 unspecified atom stereocenters. The molecule has 2 rings (SSSR count). The Bertz CT molecular complexity index is 593. The number of nitrogens with zero attached hydrogens (tertiary/aromatic N) is 1. The number of anilines is 1. The van der Waals surface area contributed by atoms with E-state index in [9.17, 15) is 9.59 Å². The van der Waals surface area contributed by atoms with Crippen LogP contribution in [0.3, 0.4) is 0 Å². The normalized spacial score (nSPS) is 14.8. The van der Waals surface area contributed by atoms with Crippen molar-refractivity contribution in [2.45, 2.75) is 6.92 Å². The fraction of sp³-hybridized carbons (Fsp3) is 0.231. The van der Waals surface area contributed by atoms with E-state index >= 15 is 0 Å². The van der Waals surface area contributed by atoms with E-state index in [-0.39, 0.29) is 18.8 Å². The molecule has 0 spiro atoms. The number of carbonyl (C=O) groups excluding carboxylic acids is 2. The third-order valence-corrected chi connectivity index (χ3v) is 3.70. The number of amides is 2. The van der Waals surface area contributed by atoms with E-state index in [0.717, 1.165) is 10.5 Å². The van der Waals surface area contributed by atoms with Crippen molar-refractivity contribution in [1.82, 2.24) is 4.90 Å². The molecule has 1 aliphatic rings. The average molecular weight is 360 g/mol. The number of aryl methyl sites for hydroxylation is 1. The number of nitrogens with one attached hydrogen (secondary N) is 1. The number of rotatable bonds is 4. The van der Waals surface area contributed by atoms with Crippen molar-refractivity contribution in [3.05, 3.63) is 39.0 Å². The number of hydrogen-bond acceptors (Lipinski definition) is 4. The first kappa shape index (κ1) is 15.0. The van der Waals surface area contributed by atoms with Crippen LogP contribution in [0.5, 0.6) is 0 Å². The quantitative estimate of drug-likeness (QED) is 0.808. The third kappa shape index (κ3) is 2.87. The highest BCUT2D eigenvalue weighted by Crippen LogP contribution is 2.33. The first-order valence-corrected chi connectivity index (χ1v) is 7.02. The van der Waals surface area contributed by atoms with Crippen molar-refractivity contribution in [3.63, 3.8) is 0 Å². The summed E-state index contributed by atoms with van der Waals surface area (Å²) < 4.78 is 0.698. The Labute approximate surface area is 129 Å². The highest BCUT2D eigenvalue weighted by molar-refractivity contribution is 9.10. The average Bonchev–Trinajstić information content (AvgIpc) is 2.62. The molecule has 2 amide bonds. The summed E-state index contributed by atoms with van der Waals surface area (Å²) in [6.45, 7) is 1.60. The van der Waals surface area contributed by atoms with E-state index in [2.05, 4.69) is 21.2 Å². The maximum atomic E-state index is 12.0. The Kier molecular flexibility index (Phi) is 4.47. The van der Waals surface area contributed by atoms with Crippen LogP contribution >= 0.6 is 27.5 Å². The summed E-state index contributed by atoms with van der Waals surface area (Å²) in [6.07, 6.45) is 1.20. The summed E-state index contributed by atoms with van der Waals surface area (Å²) in [5.41, 5.74) is 1.63. The van der Waals surface area contributed by atoms with Gasteiger partial charge in [-0.2, -0.15) is 0 Å². The third-order valence-electron chi connectivity index (χ3n) is 2.78. The van der Waals surface area contributed by atoms with Crippen LogP contribution in [0.2, 0.25) is 5.02 Å². The molecule has 1 aliphatic heterocycles. The number of β-amino-alcohol motifs (C(OH)–C–C–N with tert-alkyl or cyclic N) is 1. The Morgan fingerprint density at radius 2 is 2.10 bits per heavy atom. The highest BCUT2D eigenvalue weighted by atomic mass is 79.9. The molecule has 0 atom stereocenters. The summed E-state index contributed by atoms with van der Waals surface area (Å²) in [4.78, 5) is 24.6. The van der Waals surface area contributed by atoms with Gasteiger partial charge in [-0.15, -0.1) is 0 Å². The van der Waals surface area contributed by atoms with Crippen LogP contribution in [-0.2, 0) is 9.59 Å². The van der Waals surface area contributed by atoms with Gasteiger partial charge < -0.3 is 10.4 Å². The molecule has 1 aromatic rings. The highest BCUT2D eigenvalue weighted by Gasteiger charge is 2.31. The predicted molar refractivity (Wildman–Crippen MR) is 79.4 cm³/mol. The molecule has 106 valence electrons. The number of carbonyl (C=O) groups is 2. The summed E-state index contributed by atoms with van der Waals surface area (Å²) in [5, 5.41) is 12.1. The van der Waals surface area contributed by atoms with Gasteiger partial charge in [-0.05, 0) is 40.5 Å². The topological polar surface area (TPSA) is 69.6 Å². The van der Waals surface area contributed by atoms with Gasteiger partial charge in [0.15, 0.2) is 0 Å². The van der Waals surface area contributed by atoms with Crippen molar-refractivity contribution >= 4 is 45.0 Å². The van der Waals surface area contributed by atoms with Gasteiger partial charge in [0.2, 0.25) is 0 Å². The molecular weight excluding hydrogens is 348 g/mol. The van der Waals surface area contributed by atoms with Crippen LogP contribution < -0.4 is 5.32 Å². The maximum Gasteiger partial charge on any atom is 0.277 e. The molecule has 7 heteroatoms. The van der Waals surface area contributed by atoms with Gasteiger partial charge in [0.05, 0.1) is 23.9 Å². The summed E-state index contributed by atoms with van der Waals surface area (Å²) in [6, 6.07) is 3.60. The van der Waals surface area contributed by atoms with Crippen LogP contribution in [0.25, 0.3) is 0 Å². The van der Waals surface area contributed by atoms with Gasteiger partial charge in [-0.1, -0.05) is 11.6 Å². The van der Waals surface area contributed by atoms with Gasteiger partial charge in [-0.3, -0.25) is 14.5 Å². The van der Waals surface area contributed by atoms with Gasteiger partial charge in [-0.25, -0.2) is 0 Å². The molecule has 0 aromatic heterocycles. The van der Waals surface area contributed by atoms with Crippen molar-refractivity contribution < 1.29 is 14.7 Å². The maximum absolute atomic E-state index is 12.0. The largest absolute Gasteiger partial charge is 0.395 e. The Morgan fingerprint density at radius 1 is 1.40 bits per heavy atom. The zero-order chi connectivity index (χ0) is 14.9. The van der Waals surface area contributed by atoms with E-state index in [4.69, 9.17) is 16.7 Å². The van der Waals surface area contributed by atoms with Crippen molar-refractivity contribution in [2.24, 2.45) is 0 Å². The molecule has 1 aromatic carbocycles. The molecule has 0 fully saturated rings. The predicted octanol–water partition coefficient (Wildman–Crippen LogP) is 2.07. The van der Waals surface area contributed by atoms with Crippen molar-refractivity contribution in [1.29, 1.82) is 0 Å². The zero-order valence-corrected chi connectivity index (χ0v) is 13.0. The second-order valence-corrected chi connectivity index (χ2v) is 5.57. The van der Waals surface area contributed by atoms with Gasteiger partial charge >= 0.3 is 0 Å². The van der Waals surface area contributed by atoms with Crippen LogP contribution in [0.1, 0.15) is 5.56 Å². The molecule has 1 heterocycles. The van der Waals surface area contributed by atoms with E-state index in [1.54, 1.807) is 6.07 Å². The molecule has 0 bridgehead atoms. The molecule has 2 N–H and O–H groups in total.